The molecule has 0 aromatic heterocycles. The van der Waals surface area contributed by atoms with Crippen LogP contribution in [0.3, 0.4) is 0 Å². The lowest BCUT2D eigenvalue weighted by Gasteiger charge is -2.36. The molecule has 0 saturated carbocycles. The Hall–Kier alpha value is -2.32. The molecule has 0 fully saturated rings. The molecule has 2 atom stereocenters. The van der Waals surface area contributed by atoms with Gasteiger partial charge in [0.15, 0.2) is 6.10 Å². The van der Waals surface area contributed by atoms with E-state index in [1.807, 2.05) is 0 Å². The second kappa shape index (κ2) is 7.50. The van der Waals surface area contributed by atoms with Crippen LogP contribution in [0.2, 0.25) is 0 Å². The molecule has 0 bridgehead atoms. The number of nitrogens with zero attached hydrogens (tertiary/aromatic N) is 2. The third-order valence-corrected chi connectivity index (χ3v) is 3.37. The molecule has 0 aliphatic carbocycles. The van der Waals surface area contributed by atoms with Gasteiger partial charge in [0.2, 0.25) is 0 Å². The molecular weight excluding hydrogens is 330 g/mol. The maximum Gasteiger partial charge on any atom is 0.425 e. The highest BCUT2D eigenvalue weighted by Gasteiger charge is 2.51. The van der Waals surface area contributed by atoms with Gasteiger partial charge in [0.25, 0.3) is 6.02 Å². The predicted molar refractivity (Wildman–Crippen MR) is 83.2 cm³/mol. The van der Waals surface area contributed by atoms with Crippen molar-refractivity contribution in [1.29, 1.82) is 0 Å². The van der Waals surface area contributed by atoms with Gasteiger partial charge < -0.3 is 15.2 Å². The lowest BCUT2D eigenvalue weighted by atomic mass is 9.85. The third kappa shape index (κ3) is 4.84. The van der Waals surface area contributed by atoms with Gasteiger partial charge in [0, 0.05) is 6.42 Å². The molecule has 0 aromatic rings. The van der Waals surface area contributed by atoms with E-state index in [4.69, 9.17) is 10.5 Å². The van der Waals surface area contributed by atoms with E-state index in [2.05, 4.69) is 28.0 Å². The zero-order valence-corrected chi connectivity index (χ0v) is 13.4. The topological polar surface area (TPSA) is 69.2 Å². The van der Waals surface area contributed by atoms with Crippen LogP contribution in [-0.4, -0.2) is 37.2 Å². The van der Waals surface area contributed by atoms with Crippen molar-refractivity contribution in [2.45, 2.75) is 38.1 Å². The van der Waals surface area contributed by atoms with Crippen LogP contribution in [0.4, 0.5) is 17.6 Å². The van der Waals surface area contributed by atoms with Crippen LogP contribution < -0.4 is 5.73 Å². The number of rotatable bonds is 6. The average molecular weight is 349 g/mol. The first kappa shape index (κ1) is 19.7. The smallest absolute Gasteiger partial charge is 0.425 e. The maximum atomic E-state index is 13.6. The molecule has 1 rings (SSSR count). The molecule has 0 aromatic carbocycles. The number of amidine groups is 1. The van der Waals surface area contributed by atoms with Crippen molar-refractivity contribution in [2.24, 2.45) is 15.7 Å². The molecule has 0 spiro atoms. The molecule has 1 aliphatic heterocycles. The number of halogens is 4. The summed E-state index contributed by atoms with van der Waals surface area (Å²) >= 11 is 0. The standard InChI is InChI=1S/C15H19F4N3O2/c1-9(5-10(2)23-11(3)7-21-4)14(8-16)6-12(15(17,18)19)24-13(20)22-14/h5,7,12H,2,4,6,8H2,1,3H3,(H2,20,22). The van der Waals surface area contributed by atoms with Gasteiger partial charge in [-0.3, -0.25) is 4.99 Å². The van der Waals surface area contributed by atoms with Crippen LogP contribution in [0.15, 0.2) is 45.9 Å². The van der Waals surface area contributed by atoms with E-state index in [-0.39, 0.29) is 11.3 Å². The van der Waals surface area contributed by atoms with E-state index in [1.54, 1.807) is 6.92 Å². The fraction of sp³-hybridized carbons (Fsp3) is 0.467. The van der Waals surface area contributed by atoms with Gasteiger partial charge in [0.05, 0.1) is 6.20 Å². The van der Waals surface area contributed by atoms with Crippen LogP contribution >= 0.6 is 0 Å². The van der Waals surface area contributed by atoms with Crippen molar-refractivity contribution in [1.82, 2.24) is 0 Å². The number of allylic oxidation sites excluding steroid dienone is 2. The number of hydrogen-bond acceptors (Lipinski definition) is 5. The second-order valence-electron chi connectivity index (χ2n) is 5.29. The van der Waals surface area contributed by atoms with Crippen molar-refractivity contribution < 1.29 is 27.0 Å². The second-order valence-corrected chi connectivity index (χ2v) is 5.29. The molecule has 2 unspecified atom stereocenters. The molecule has 0 radical (unpaired) electrons. The molecule has 0 saturated heterocycles. The Morgan fingerprint density at radius 3 is 2.67 bits per heavy atom. The summed E-state index contributed by atoms with van der Waals surface area (Å²) in [5, 5.41) is 0. The summed E-state index contributed by atoms with van der Waals surface area (Å²) in [6, 6.07) is -0.715. The lowest BCUT2D eigenvalue weighted by Crippen LogP contribution is -2.49. The summed E-state index contributed by atoms with van der Waals surface area (Å²) in [7, 11) is 0. The van der Waals surface area contributed by atoms with E-state index in [0.717, 1.165) is 0 Å². The Balaban J connectivity index is 3.11. The third-order valence-electron chi connectivity index (χ3n) is 3.37. The summed E-state index contributed by atoms with van der Waals surface area (Å²) in [4.78, 5) is 7.25. The van der Waals surface area contributed by atoms with Crippen LogP contribution in [0, 0.1) is 0 Å². The highest BCUT2D eigenvalue weighted by molar-refractivity contribution is 5.73. The van der Waals surface area contributed by atoms with Crippen molar-refractivity contribution >= 4 is 12.7 Å². The normalized spacial score (nSPS) is 25.6. The number of aliphatic imine (C=N–C) groups is 2. The zero-order valence-electron chi connectivity index (χ0n) is 13.4. The maximum absolute atomic E-state index is 13.6. The van der Waals surface area contributed by atoms with E-state index in [1.165, 1.54) is 19.2 Å². The van der Waals surface area contributed by atoms with Gasteiger partial charge in [-0.05, 0) is 32.2 Å². The average Bonchev–Trinajstić information content (AvgIpc) is 2.45. The summed E-state index contributed by atoms with van der Waals surface area (Å²) in [5.74, 6) is 0.443. The molecular formula is C15H19F4N3O2. The fourth-order valence-corrected chi connectivity index (χ4v) is 2.17. The van der Waals surface area contributed by atoms with Crippen molar-refractivity contribution in [2.75, 3.05) is 6.67 Å². The summed E-state index contributed by atoms with van der Waals surface area (Å²) in [6.45, 7) is 8.69. The summed E-state index contributed by atoms with van der Waals surface area (Å²) in [6.07, 6.45) is -5.04. The lowest BCUT2D eigenvalue weighted by molar-refractivity contribution is -0.207. The van der Waals surface area contributed by atoms with Crippen LogP contribution in [-0.2, 0) is 9.47 Å². The Morgan fingerprint density at radius 1 is 1.54 bits per heavy atom. The van der Waals surface area contributed by atoms with Gasteiger partial charge in [-0.1, -0.05) is 6.58 Å². The van der Waals surface area contributed by atoms with E-state index >= 15 is 0 Å². The minimum atomic E-state index is -4.69. The highest BCUT2D eigenvalue weighted by Crippen LogP contribution is 2.38. The minimum absolute atomic E-state index is 0.0848. The molecule has 1 aliphatic rings. The number of hydrogen-bond donors (Lipinski definition) is 1. The van der Waals surface area contributed by atoms with Gasteiger partial charge in [-0.25, -0.2) is 9.38 Å². The number of alkyl halides is 4. The molecule has 5 nitrogen and oxygen atoms in total. The molecule has 2 N–H and O–H groups in total. The van der Waals surface area contributed by atoms with E-state index in [9.17, 15) is 17.6 Å². The fourth-order valence-electron chi connectivity index (χ4n) is 2.17. The van der Waals surface area contributed by atoms with Gasteiger partial charge in [-0.2, -0.15) is 13.2 Å². The van der Waals surface area contributed by atoms with Gasteiger partial charge in [0.1, 0.15) is 23.7 Å². The Morgan fingerprint density at radius 2 is 2.17 bits per heavy atom. The largest absolute Gasteiger partial charge is 0.461 e. The van der Waals surface area contributed by atoms with Gasteiger partial charge >= 0.3 is 6.18 Å². The van der Waals surface area contributed by atoms with E-state index < -0.39 is 36.9 Å². The highest BCUT2D eigenvalue weighted by atomic mass is 19.4. The first-order valence-corrected chi connectivity index (χ1v) is 6.87. The molecule has 134 valence electrons. The Labute approximate surface area is 137 Å². The van der Waals surface area contributed by atoms with Gasteiger partial charge in [-0.15, -0.1) is 0 Å². The molecule has 9 heteroatoms. The van der Waals surface area contributed by atoms with E-state index in [0.29, 0.717) is 5.76 Å². The Bertz CT molecular complexity index is 596. The van der Waals surface area contributed by atoms with Crippen LogP contribution in [0.5, 0.6) is 0 Å². The predicted octanol–water partition coefficient (Wildman–Crippen LogP) is 3.40. The van der Waals surface area contributed by atoms with Crippen LogP contribution in [0.1, 0.15) is 20.3 Å². The molecule has 24 heavy (non-hydrogen) atoms. The zero-order chi connectivity index (χ0) is 18.5. The molecule has 1 heterocycles. The van der Waals surface area contributed by atoms with Crippen LogP contribution in [0.25, 0.3) is 0 Å². The monoisotopic (exact) mass is 349 g/mol. The Kier molecular flexibility index (Phi) is 6.16. The number of ether oxygens (including phenoxy) is 2. The SMILES string of the molecule is C=NC=C(C)OC(=C)C=C(C)C1(CF)CC(C(F)(F)F)OC(N)=N1. The van der Waals surface area contributed by atoms with Crippen molar-refractivity contribution in [3.8, 4) is 0 Å². The van der Waals surface area contributed by atoms with Crippen molar-refractivity contribution in [3.63, 3.8) is 0 Å². The minimum Gasteiger partial charge on any atom is -0.461 e. The first-order valence-electron chi connectivity index (χ1n) is 6.87. The quantitative estimate of drug-likeness (QED) is 0.346. The first-order chi connectivity index (χ1) is 11.0. The summed E-state index contributed by atoms with van der Waals surface area (Å²) in [5.41, 5.74) is 3.70. The summed E-state index contributed by atoms with van der Waals surface area (Å²) < 4.78 is 62.2. The molecule has 0 amide bonds. The van der Waals surface area contributed by atoms with Crippen molar-refractivity contribution in [3.05, 3.63) is 35.9 Å². The number of nitrogens with two attached hydrogens (primary N) is 1.